The predicted octanol–water partition coefficient (Wildman–Crippen LogP) is 3.74. The number of aromatic nitrogens is 1. The van der Waals surface area contributed by atoms with Crippen molar-refractivity contribution in [1.29, 1.82) is 5.26 Å². The number of pyridine rings is 1. The molecular weight excluding hydrogens is 435 g/mol. The molecule has 0 saturated carbocycles. The highest BCUT2D eigenvalue weighted by atomic mass is 32.2. The zero-order chi connectivity index (χ0) is 22.4. The summed E-state index contributed by atoms with van der Waals surface area (Å²) in [5.41, 5.74) is 6.24. The predicted molar refractivity (Wildman–Crippen MR) is 119 cm³/mol. The van der Waals surface area contributed by atoms with Crippen molar-refractivity contribution in [3.05, 3.63) is 76.7 Å². The van der Waals surface area contributed by atoms with Gasteiger partial charge < -0.3 is 5.73 Å². The van der Waals surface area contributed by atoms with Gasteiger partial charge in [0.25, 0.3) is 0 Å². The number of nitrogens with zero attached hydrogens (tertiary/aromatic N) is 3. The third kappa shape index (κ3) is 3.32. The van der Waals surface area contributed by atoms with Crippen LogP contribution in [0.2, 0.25) is 0 Å². The minimum Gasteiger partial charge on any atom is -0.386 e. The van der Waals surface area contributed by atoms with E-state index in [-0.39, 0.29) is 16.4 Å². The number of thiophene rings is 1. The number of aliphatic imine (C=N–C) groups is 1. The Kier molecular flexibility index (Phi) is 4.95. The van der Waals surface area contributed by atoms with Crippen LogP contribution in [-0.2, 0) is 20.1 Å². The van der Waals surface area contributed by atoms with Gasteiger partial charge in [-0.2, -0.15) is 5.26 Å². The summed E-state index contributed by atoms with van der Waals surface area (Å²) < 4.78 is 40.3. The molecule has 2 atom stereocenters. The van der Waals surface area contributed by atoms with Gasteiger partial charge in [0.05, 0.1) is 28.0 Å². The Hall–Kier alpha value is -3.09. The van der Waals surface area contributed by atoms with E-state index in [2.05, 4.69) is 16.0 Å². The van der Waals surface area contributed by atoms with Crippen LogP contribution in [0.4, 0.5) is 4.39 Å². The molecular formula is C22H19FN4O2S2. The molecule has 0 aliphatic carbocycles. The molecule has 0 spiro atoms. The summed E-state index contributed by atoms with van der Waals surface area (Å²) >= 11 is 1.11. The van der Waals surface area contributed by atoms with E-state index in [1.165, 1.54) is 19.2 Å². The number of halogens is 1. The Morgan fingerprint density at radius 3 is 2.61 bits per heavy atom. The first-order chi connectivity index (χ1) is 14.6. The normalized spacial score (nSPS) is 24.9. The van der Waals surface area contributed by atoms with Crippen molar-refractivity contribution in [2.24, 2.45) is 10.7 Å². The molecule has 0 bridgehead atoms. The van der Waals surface area contributed by atoms with Crippen LogP contribution in [0.3, 0.4) is 0 Å². The Labute approximate surface area is 183 Å². The molecule has 0 radical (unpaired) electrons. The summed E-state index contributed by atoms with van der Waals surface area (Å²) in [5.74, 6) is -1.10. The second-order valence-electron chi connectivity index (χ2n) is 7.76. The Morgan fingerprint density at radius 2 is 1.97 bits per heavy atom. The topological polar surface area (TPSA) is 109 Å². The minimum atomic E-state index is -3.89. The standard InChI is InChI=1S/C22H19FN4O2S2/c1-21(19-16(23)11-17(30-19)15-7-5-6-14(10-15)12-24)13-31(28,29)22(2,20(25)27-21)18-8-3-4-9-26-18/h3-11H,13H2,1-2H3,(H2,25,27)/t21-,22-/m0/s1. The summed E-state index contributed by atoms with van der Waals surface area (Å²) in [5, 5.41) is 9.12. The van der Waals surface area contributed by atoms with Gasteiger partial charge in [-0.05, 0) is 49.7 Å². The second kappa shape index (κ2) is 7.25. The molecule has 1 aliphatic rings. The van der Waals surface area contributed by atoms with E-state index < -0.39 is 31.7 Å². The van der Waals surface area contributed by atoms with E-state index >= 15 is 4.39 Å². The zero-order valence-electron chi connectivity index (χ0n) is 16.8. The molecule has 31 heavy (non-hydrogen) atoms. The number of rotatable bonds is 3. The Morgan fingerprint density at radius 1 is 1.19 bits per heavy atom. The number of nitrogens with two attached hydrogens (primary N) is 1. The maximum atomic E-state index is 15.0. The number of hydrogen-bond acceptors (Lipinski definition) is 7. The number of hydrogen-bond donors (Lipinski definition) is 1. The van der Waals surface area contributed by atoms with Crippen LogP contribution < -0.4 is 5.73 Å². The van der Waals surface area contributed by atoms with E-state index in [0.29, 0.717) is 16.0 Å². The van der Waals surface area contributed by atoms with Gasteiger partial charge in [-0.15, -0.1) is 11.3 Å². The second-order valence-corrected chi connectivity index (χ2v) is 11.1. The fourth-order valence-electron chi connectivity index (χ4n) is 3.75. The summed E-state index contributed by atoms with van der Waals surface area (Å²) in [6, 6.07) is 15.2. The third-order valence-corrected chi connectivity index (χ3v) is 9.57. The fraction of sp³-hybridized carbons (Fsp3) is 0.227. The van der Waals surface area contributed by atoms with Crippen LogP contribution in [0.1, 0.15) is 30.0 Å². The van der Waals surface area contributed by atoms with Crippen molar-refractivity contribution in [2.75, 3.05) is 5.75 Å². The van der Waals surface area contributed by atoms with E-state index in [0.717, 1.165) is 11.3 Å². The smallest absolute Gasteiger partial charge is 0.171 e. The summed E-state index contributed by atoms with van der Waals surface area (Å²) in [4.78, 5) is 9.44. The van der Waals surface area contributed by atoms with Crippen molar-refractivity contribution in [3.63, 3.8) is 0 Å². The molecule has 3 aromatic rings. The summed E-state index contributed by atoms with van der Waals surface area (Å²) in [7, 11) is -3.89. The van der Waals surface area contributed by atoms with Crippen molar-refractivity contribution in [2.45, 2.75) is 24.1 Å². The average Bonchev–Trinajstić information content (AvgIpc) is 3.15. The van der Waals surface area contributed by atoms with E-state index in [1.54, 1.807) is 49.4 Å². The molecule has 2 N–H and O–H groups in total. The number of nitriles is 1. The lowest BCUT2D eigenvalue weighted by Crippen LogP contribution is -2.54. The molecule has 9 heteroatoms. The zero-order valence-corrected chi connectivity index (χ0v) is 18.5. The highest BCUT2D eigenvalue weighted by Gasteiger charge is 2.54. The number of benzene rings is 1. The van der Waals surface area contributed by atoms with Crippen LogP contribution >= 0.6 is 11.3 Å². The highest BCUT2D eigenvalue weighted by Crippen LogP contribution is 2.45. The fourth-order valence-corrected chi connectivity index (χ4v) is 7.00. The molecule has 0 amide bonds. The lowest BCUT2D eigenvalue weighted by atomic mass is 9.99. The lowest BCUT2D eigenvalue weighted by Gasteiger charge is -2.38. The lowest BCUT2D eigenvalue weighted by molar-refractivity contribution is 0.482. The first-order valence-electron chi connectivity index (χ1n) is 9.41. The maximum absolute atomic E-state index is 15.0. The number of amidine groups is 1. The van der Waals surface area contributed by atoms with Crippen molar-refractivity contribution < 1.29 is 12.8 Å². The van der Waals surface area contributed by atoms with E-state index in [9.17, 15) is 8.42 Å². The van der Waals surface area contributed by atoms with Crippen molar-refractivity contribution in [1.82, 2.24) is 4.98 Å². The SMILES string of the molecule is C[C@@]1(c2sc(-c3cccc(C#N)c3)cc2F)CS(=O)(=O)[C@@](C)(c2ccccn2)C(N)=N1. The van der Waals surface area contributed by atoms with Gasteiger partial charge in [-0.25, -0.2) is 12.8 Å². The van der Waals surface area contributed by atoms with Gasteiger partial charge in [0, 0.05) is 11.1 Å². The van der Waals surface area contributed by atoms with Gasteiger partial charge in [0.1, 0.15) is 17.2 Å². The van der Waals surface area contributed by atoms with Crippen LogP contribution in [0.5, 0.6) is 0 Å². The van der Waals surface area contributed by atoms with Crippen molar-refractivity contribution in [3.8, 4) is 16.5 Å². The highest BCUT2D eigenvalue weighted by molar-refractivity contribution is 7.93. The quantitative estimate of drug-likeness (QED) is 0.648. The largest absolute Gasteiger partial charge is 0.386 e. The van der Waals surface area contributed by atoms with Gasteiger partial charge in [0.2, 0.25) is 0 Å². The molecule has 0 fully saturated rings. The molecule has 4 rings (SSSR count). The molecule has 158 valence electrons. The van der Waals surface area contributed by atoms with Crippen LogP contribution in [0.15, 0.2) is 59.7 Å². The van der Waals surface area contributed by atoms with E-state index in [1.807, 2.05) is 0 Å². The number of sulfone groups is 1. The van der Waals surface area contributed by atoms with Gasteiger partial charge in [-0.3, -0.25) is 9.98 Å². The van der Waals surface area contributed by atoms with Crippen LogP contribution in [0, 0.1) is 17.1 Å². The minimum absolute atomic E-state index is 0.124. The first-order valence-corrected chi connectivity index (χ1v) is 11.9. The Bertz CT molecular complexity index is 1350. The molecule has 1 aliphatic heterocycles. The maximum Gasteiger partial charge on any atom is 0.171 e. The average molecular weight is 455 g/mol. The van der Waals surface area contributed by atoms with Crippen LogP contribution in [-0.4, -0.2) is 25.0 Å². The molecule has 1 aromatic carbocycles. The monoisotopic (exact) mass is 454 g/mol. The van der Waals surface area contributed by atoms with Crippen LogP contribution in [0.25, 0.3) is 10.4 Å². The Balaban J connectivity index is 1.83. The van der Waals surface area contributed by atoms with Gasteiger partial charge >= 0.3 is 0 Å². The molecule has 0 unspecified atom stereocenters. The van der Waals surface area contributed by atoms with E-state index in [4.69, 9.17) is 11.0 Å². The first kappa shape index (κ1) is 21.2. The van der Waals surface area contributed by atoms with Crippen molar-refractivity contribution >= 4 is 27.0 Å². The molecule has 2 aromatic heterocycles. The summed E-state index contributed by atoms with van der Waals surface area (Å²) in [6.45, 7) is 3.05. The molecule has 6 nitrogen and oxygen atoms in total. The van der Waals surface area contributed by atoms with Gasteiger partial charge in [-0.1, -0.05) is 18.2 Å². The summed E-state index contributed by atoms with van der Waals surface area (Å²) in [6.07, 6.45) is 1.50. The molecule has 3 heterocycles. The van der Waals surface area contributed by atoms with Gasteiger partial charge in [0.15, 0.2) is 14.6 Å². The third-order valence-electron chi connectivity index (χ3n) is 5.55. The molecule has 0 saturated heterocycles.